The van der Waals surface area contributed by atoms with Crippen LogP contribution < -0.4 is 5.72 Å². The van der Waals surface area contributed by atoms with Crippen LogP contribution in [0.15, 0.2) is 18.2 Å². The highest BCUT2D eigenvalue weighted by molar-refractivity contribution is 6.39. The lowest BCUT2D eigenvalue weighted by Gasteiger charge is -2.00. The molecule has 0 aliphatic carbocycles. The number of nitrogens with two attached hydrogens (primary N) is 1. The topological polar surface area (TPSA) is 43.1 Å². The Morgan fingerprint density at radius 3 is 2.45 bits per heavy atom. The minimum Gasteiger partial charge on any atom is -0.366 e. The van der Waals surface area contributed by atoms with Crippen molar-refractivity contribution in [3.63, 3.8) is 0 Å². The van der Waals surface area contributed by atoms with Gasteiger partial charge in [0.2, 0.25) is 0 Å². The Hall–Kier alpha value is -0.730. The zero-order chi connectivity index (χ0) is 10.0. The molecule has 0 aliphatic rings. The smallest absolute Gasteiger partial charge is 0.251 e. The lowest BCUT2D eigenvalue weighted by atomic mass is 10.2. The maximum Gasteiger partial charge on any atom is 0.251 e. The van der Waals surface area contributed by atoms with Crippen LogP contribution in [0, 0.1) is 0 Å². The van der Waals surface area contributed by atoms with Crippen LogP contribution in [0.2, 0.25) is 12.9 Å². The number of carbonyl (C=O) groups excluding carboxylic acids is 1. The average molecular weight is 192 g/mol. The normalized spacial score (nSPS) is 11.8. The Morgan fingerprint density at radius 2 is 2.00 bits per heavy atom. The van der Waals surface area contributed by atoms with Crippen LogP contribution >= 0.6 is 23.2 Å². The molecular weight excluding hydrogens is 185 g/mol. The van der Waals surface area contributed by atoms with E-state index in [2.05, 4.69) is 0 Å². The van der Waals surface area contributed by atoms with Gasteiger partial charge < -0.3 is 5.72 Å². The minimum absolute atomic E-state index is 0.0177. The van der Waals surface area contributed by atoms with E-state index in [9.17, 15) is 4.79 Å². The third-order valence-corrected chi connectivity index (χ3v) is 1.81. The molecule has 1 rings (SSSR count). The molecule has 2 nitrogen and oxygen atoms in total. The SMILES string of the molecule is [2H]N([2H])C(=O)c1c(Cl)cccc1Cl. The van der Waals surface area contributed by atoms with Crippen LogP contribution in [-0.2, 0) is 0 Å². The van der Waals surface area contributed by atoms with E-state index < -0.39 is 5.91 Å². The van der Waals surface area contributed by atoms with Gasteiger partial charge in [0.15, 0.2) is 2.82 Å². The summed E-state index contributed by atoms with van der Waals surface area (Å²) in [5, 5.41) is 0.281. The Labute approximate surface area is 76.8 Å². The van der Waals surface area contributed by atoms with Gasteiger partial charge in [-0.1, -0.05) is 29.3 Å². The molecule has 0 radical (unpaired) electrons. The Kier molecular flexibility index (Phi) is 1.66. The summed E-state index contributed by atoms with van der Waals surface area (Å²) in [6.07, 6.45) is 0. The van der Waals surface area contributed by atoms with Crippen molar-refractivity contribution in [2.45, 2.75) is 0 Å². The molecule has 11 heavy (non-hydrogen) atoms. The van der Waals surface area contributed by atoms with Crippen molar-refractivity contribution in [3.8, 4) is 0 Å². The van der Waals surface area contributed by atoms with Gasteiger partial charge in [-0.05, 0) is 12.1 Å². The number of amides is 1. The minimum atomic E-state index is -0.851. The monoisotopic (exact) mass is 191 g/mol. The van der Waals surface area contributed by atoms with Crippen molar-refractivity contribution in [1.82, 2.24) is 0 Å². The molecule has 2 N–H and O–H groups in total. The van der Waals surface area contributed by atoms with Crippen molar-refractivity contribution >= 4 is 29.1 Å². The summed E-state index contributed by atoms with van der Waals surface area (Å²) in [7, 11) is 0. The van der Waals surface area contributed by atoms with Gasteiger partial charge in [-0.3, -0.25) is 4.79 Å². The standard InChI is InChI=1S/C7H5Cl2NO/c8-4-2-1-3-5(9)6(4)7(10)11/h1-3H,(H2,10,11)/i/hD2. The molecule has 0 spiro atoms. The van der Waals surface area contributed by atoms with E-state index in [0.29, 0.717) is 0 Å². The van der Waals surface area contributed by atoms with Crippen molar-refractivity contribution in [2.24, 2.45) is 5.72 Å². The van der Waals surface area contributed by atoms with E-state index in [-0.39, 0.29) is 21.3 Å². The van der Waals surface area contributed by atoms with Gasteiger partial charge in [0.05, 0.1) is 15.6 Å². The molecule has 0 bridgehead atoms. The van der Waals surface area contributed by atoms with Gasteiger partial charge in [-0.25, -0.2) is 0 Å². The second-order valence-corrected chi connectivity index (χ2v) is 2.72. The molecule has 0 fully saturated rings. The first-order chi connectivity index (χ1) is 6.04. The van der Waals surface area contributed by atoms with E-state index in [1.807, 2.05) is 0 Å². The maximum absolute atomic E-state index is 11.2. The maximum atomic E-state index is 11.2. The molecule has 0 atom stereocenters. The zero-order valence-electron chi connectivity index (χ0n) is 7.34. The highest BCUT2D eigenvalue weighted by Gasteiger charge is 2.09. The zero-order valence-corrected chi connectivity index (χ0v) is 6.86. The van der Waals surface area contributed by atoms with Crippen molar-refractivity contribution in [2.75, 3.05) is 0 Å². The van der Waals surface area contributed by atoms with Gasteiger partial charge in [0, 0.05) is 0 Å². The molecule has 1 aromatic rings. The summed E-state index contributed by atoms with van der Waals surface area (Å²) in [5.41, 5.74) is -0.0802. The van der Waals surface area contributed by atoms with Gasteiger partial charge in [-0.2, -0.15) is 0 Å². The number of rotatable bonds is 1. The first kappa shape index (κ1) is 5.86. The fraction of sp³-hybridized carbons (Fsp3) is 0. The molecular formula is C7H5Cl2NO. The van der Waals surface area contributed by atoms with Crippen molar-refractivity contribution in [3.05, 3.63) is 33.8 Å². The lowest BCUT2D eigenvalue weighted by molar-refractivity contribution is 0.100. The summed E-state index contributed by atoms with van der Waals surface area (Å²) in [6, 6.07) is 4.54. The summed E-state index contributed by atoms with van der Waals surface area (Å²) >= 11 is 11.3. The number of benzene rings is 1. The molecule has 0 aliphatic heterocycles. The molecule has 4 heteroatoms. The molecule has 0 aromatic heterocycles. The summed E-state index contributed by atoms with van der Waals surface area (Å²) < 4.78 is 13.5. The van der Waals surface area contributed by atoms with Crippen LogP contribution in [0.4, 0.5) is 0 Å². The van der Waals surface area contributed by atoms with E-state index in [0.717, 1.165) is 0 Å². The second kappa shape index (κ2) is 3.11. The molecule has 1 amide bonds. The number of hydrogen-bond donors (Lipinski definition) is 1. The van der Waals surface area contributed by atoms with Gasteiger partial charge in [0.1, 0.15) is 0 Å². The van der Waals surface area contributed by atoms with E-state index in [1.165, 1.54) is 12.1 Å². The summed E-state index contributed by atoms with van der Waals surface area (Å²) in [4.78, 5) is 11.2. The third-order valence-electron chi connectivity index (χ3n) is 1.18. The van der Waals surface area contributed by atoms with E-state index >= 15 is 0 Å². The number of primary amides is 1. The van der Waals surface area contributed by atoms with Crippen LogP contribution in [0.25, 0.3) is 0 Å². The Morgan fingerprint density at radius 1 is 1.45 bits per heavy atom. The lowest BCUT2D eigenvalue weighted by Crippen LogP contribution is -2.12. The van der Waals surface area contributed by atoms with Crippen LogP contribution in [-0.4, -0.2) is 5.91 Å². The van der Waals surface area contributed by atoms with Crippen LogP contribution in [0.5, 0.6) is 0 Å². The Balaban J connectivity index is 3.20. The van der Waals surface area contributed by atoms with Crippen LogP contribution in [0.3, 0.4) is 0 Å². The molecule has 0 saturated carbocycles. The predicted octanol–water partition coefficient (Wildman–Crippen LogP) is 2.09. The predicted molar refractivity (Wildman–Crippen MR) is 45.0 cm³/mol. The van der Waals surface area contributed by atoms with Gasteiger partial charge in [-0.15, -0.1) is 0 Å². The first-order valence-electron chi connectivity index (χ1n) is 3.69. The molecule has 58 valence electrons. The fourth-order valence-electron chi connectivity index (χ4n) is 0.702. The Bertz CT molecular complexity index is 323. The first-order valence-corrected chi connectivity index (χ1v) is 3.56. The number of halogens is 2. The largest absolute Gasteiger partial charge is 0.366 e. The van der Waals surface area contributed by atoms with Crippen LogP contribution in [0.1, 0.15) is 10.4 Å². The van der Waals surface area contributed by atoms with E-state index in [1.54, 1.807) is 6.07 Å². The molecule has 0 saturated heterocycles. The van der Waals surface area contributed by atoms with E-state index in [4.69, 9.17) is 26.0 Å². The third kappa shape index (κ3) is 1.64. The molecule has 1 aromatic carbocycles. The fourth-order valence-corrected chi connectivity index (χ4v) is 1.26. The second-order valence-electron chi connectivity index (χ2n) is 1.90. The average Bonchev–Trinajstić information content (AvgIpc) is 2.03. The highest BCUT2D eigenvalue weighted by Crippen LogP contribution is 2.22. The van der Waals surface area contributed by atoms with Crippen molar-refractivity contribution in [1.29, 1.82) is 0 Å². The molecule has 0 heterocycles. The number of hydrogen-bond acceptors (Lipinski definition) is 1. The summed E-state index contributed by atoms with van der Waals surface area (Å²) in [6.45, 7) is 0. The van der Waals surface area contributed by atoms with Crippen molar-refractivity contribution < 1.29 is 7.62 Å². The quantitative estimate of drug-likeness (QED) is 0.727. The molecule has 0 unspecified atom stereocenters. The summed E-state index contributed by atoms with van der Waals surface area (Å²) in [5.74, 6) is -0.851. The van der Waals surface area contributed by atoms with Gasteiger partial charge >= 0.3 is 0 Å². The highest BCUT2D eigenvalue weighted by atomic mass is 35.5. The van der Waals surface area contributed by atoms with Gasteiger partial charge in [0.25, 0.3) is 5.91 Å². The number of carbonyl (C=O) groups is 1.